The average Bonchev–Trinajstić information content (AvgIpc) is 2.49. The van der Waals surface area contributed by atoms with Crippen LogP contribution >= 0.6 is 0 Å². The Morgan fingerprint density at radius 1 is 1.13 bits per heavy atom. The molecule has 0 amide bonds. The largest absolute Gasteiger partial charge is 0.508 e. The van der Waals surface area contributed by atoms with Crippen molar-refractivity contribution in [2.45, 2.75) is 26.7 Å². The number of fused-ring (bicyclic) bond motifs is 1. The zero-order valence-electron chi connectivity index (χ0n) is 13.2. The van der Waals surface area contributed by atoms with Gasteiger partial charge in [0, 0.05) is 12.0 Å². The summed E-state index contributed by atoms with van der Waals surface area (Å²) in [5, 5.41) is 9.99. The Kier molecular flexibility index (Phi) is 3.68. The van der Waals surface area contributed by atoms with Gasteiger partial charge >= 0.3 is 0 Å². The molecule has 0 unspecified atom stereocenters. The molecule has 0 radical (unpaired) electrons. The fourth-order valence-electron chi connectivity index (χ4n) is 2.68. The molecule has 118 valence electrons. The highest BCUT2D eigenvalue weighted by Gasteiger charge is 2.19. The molecule has 0 fully saturated rings. The van der Waals surface area contributed by atoms with Gasteiger partial charge in [-0.1, -0.05) is 19.9 Å². The monoisotopic (exact) mass is 312 g/mol. The van der Waals surface area contributed by atoms with Crippen molar-refractivity contribution in [3.8, 4) is 16.9 Å². The topological polar surface area (TPSA) is 50.4 Å². The van der Waals surface area contributed by atoms with Gasteiger partial charge in [0.1, 0.15) is 22.9 Å². The predicted octanol–water partition coefficient (Wildman–Crippen LogP) is 4.74. The molecule has 3 aromatic rings. The molecule has 1 aromatic heterocycles. The third-order valence-corrected chi connectivity index (χ3v) is 3.87. The Morgan fingerprint density at radius 2 is 1.87 bits per heavy atom. The smallest absolute Gasteiger partial charge is 0.200 e. The van der Waals surface area contributed by atoms with Gasteiger partial charge in [-0.05, 0) is 42.3 Å². The Balaban J connectivity index is 2.40. The van der Waals surface area contributed by atoms with E-state index in [2.05, 4.69) is 0 Å². The van der Waals surface area contributed by atoms with Gasteiger partial charge in [0.15, 0.2) is 0 Å². The standard InChI is InChI=1S/C19H17FO3/c1-10(2)19-17(12-4-7-15(20)11(3)8-12)18(22)14-6-5-13(21)9-16(14)23-19/h4-10,21H,1-3H3. The first kappa shape index (κ1) is 15.3. The van der Waals surface area contributed by atoms with E-state index in [0.717, 1.165) is 0 Å². The van der Waals surface area contributed by atoms with Crippen LogP contribution in [0.4, 0.5) is 4.39 Å². The molecule has 0 aliphatic heterocycles. The lowest BCUT2D eigenvalue weighted by atomic mass is 9.96. The lowest BCUT2D eigenvalue weighted by Crippen LogP contribution is -2.10. The van der Waals surface area contributed by atoms with E-state index in [-0.39, 0.29) is 22.9 Å². The summed E-state index contributed by atoms with van der Waals surface area (Å²) in [6.07, 6.45) is 0. The summed E-state index contributed by atoms with van der Waals surface area (Å²) < 4.78 is 19.4. The number of halogens is 1. The molecule has 3 rings (SSSR count). The van der Waals surface area contributed by atoms with E-state index in [4.69, 9.17) is 4.42 Å². The van der Waals surface area contributed by atoms with Gasteiger partial charge in [-0.2, -0.15) is 0 Å². The highest BCUT2D eigenvalue weighted by molar-refractivity contribution is 5.84. The summed E-state index contributed by atoms with van der Waals surface area (Å²) in [5.74, 6) is 0.226. The molecule has 1 N–H and O–H groups in total. The molecule has 0 atom stereocenters. The number of hydrogen-bond donors (Lipinski definition) is 1. The second-order valence-electron chi connectivity index (χ2n) is 5.97. The lowest BCUT2D eigenvalue weighted by Gasteiger charge is -2.13. The maximum Gasteiger partial charge on any atom is 0.200 e. The minimum atomic E-state index is -0.310. The Labute approximate surface area is 133 Å². The van der Waals surface area contributed by atoms with Crippen LogP contribution in [-0.2, 0) is 0 Å². The molecule has 0 spiro atoms. The first-order valence-electron chi connectivity index (χ1n) is 7.44. The Morgan fingerprint density at radius 3 is 2.52 bits per heavy atom. The molecule has 0 aliphatic carbocycles. The van der Waals surface area contributed by atoms with E-state index in [1.807, 2.05) is 13.8 Å². The molecular weight excluding hydrogens is 295 g/mol. The zero-order chi connectivity index (χ0) is 16.7. The van der Waals surface area contributed by atoms with Gasteiger partial charge in [-0.25, -0.2) is 4.39 Å². The van der Waals surface area contributed by atoms with Gasteiger partial charge in [-0.15, -0.1) is 0 Å². The number of hydrogen-bond acceptors (Lipinski definition) is 3. The van der Waals surface area contributed by atoms with E-state index in [1.54, 1.807) is 25.1 Å². The molecule has 0 saturated heterocycles. The van der Waals surface area contributed by atoms with Crippen molar-refractivity contribution in [1.82, 2.24) is 0 Å². The lowest BCUT2D eigenvalue weighted by molar-refractivity contribution is 0.470. The third kappa shape index (κ3) is 2.61. The number of benzene rings is 2. The summed E-state index contributed by atoms with van der Waals surface area (Å²) >= 11 is 0. The maximum absolute atomic E-state index is 13.5. The van der Waals surface area contributed by atoms with E-state index in [0.29, 0.717) is 33.4 Å². The molecule has 4 heteroatoms. The van der Waals surface area contributed by atoms with Crippen molar-refractivity contribution in [2.24, 2.45) is 0 Å². The first-order valence-corrected chi connectivity index (χ1v) is 7.44. The van der Waals surface area contributed by atoms with Crippen molar-refractivity contribution in [2.75, 3.05) is 0 Å². The Bertz CT molecular complexity index is 955. The molecular formula is C19H17FO3. The highest BCUT2D eigenvalue weighted by atomic mass is 19.1. The second-order valence-corrected chi connectivity index (χ2v) is 5.97. The van der Waals surface area contributed by atoms with Crippen molar-refractivity contribution in [3.63, 3.8) is 0 Å². The number of aryl methyl sites for hydroxylation is 1. The van der Waals surface area contributed by atoms with Crippen LogP contribution in [0.25, 0.3) is 22.1 Å². The quantitative estimate of drug-likeness (QED) is 0.744. The second kappa shape index (κ2) is 5.54. The fourth-order valence-corrected chi connectivity index (χ4v) is 2.68. The third-order valence-electron chi connectivity index (χ3n) is 3.87. The van der Waals surface area contributed by atoms with Crippen LogP contribution in [0.5, 0.6) is 5.75 Å². The van der Waals surface area contributed by atoms with Gasteiger partial charge in [0.2, 0.25) is 5.43 Å². The summed E-state index contributed by atoms with van der Waals surface area (Å²) in [4.78, 5) is 12.9. The fraction of sp³-hybridized carbons (Fsp3) is 0.211. The van der Waals surface area contributed by atoms with Crippen molar-refractivity contribution in [3.05, 3.63) is 63.8 Å². The maximum atomic E-state index is 13.5. The molecule has 0 aliphatic rings. The van der Waals surface area contributed by atoms with Gasteiger partial charge < -0.3 is 9.52 Å². The van der Waals surface area contributed by atoms with Crippen LogP contribution in [0.2, 0.25) is 0 Å². The van der Waals surface area contributed by atoms with Crippen LogP contribution in [0.3, 0.4) is 0 Å². The van der Waals surface area contributed by atoms with Gasteiger partial charge in [0.25, 0.3) is 0 Å². The predicted molar refractivity (Wildman–Crippen MR) is 88.4 cm³/mol. The van der Waals surface area contributed by atoms with Gasteiger partial charge in [-0.3, -0.25) is 4.79 Å². The van der Waals surface area contributed by atoms with E-state index >= 15 is 0 Å². The normalized spacial score (nSPS) is 11.3. The average molecular weight is 312 g/mol. The van der Waals surface area contributed by atoms with Crippen LogP contribution in [0.1, 0.15) is 31.1 Å². The van der Waals surface area contributed by atoms with E-state index in [1.165, 1.54) is 18.2 Å². The number of phenols is 1. The summed E-state index contributed by atoms with van der Waals surface area (Å²) in [5.41, 5.74) is 1.72. The van der Waals surface area contributed by atoms with Crippen molar-refractivity contribution in [1.29, 1.82) is 0 Å². The minimum absolute atomic E-state index is 0.0326. The molecule has 3 nitrogen and oxygen atoms in total. The minimum Gasteiger partial charge on any atom is -0.508 e. The van der Waals surface area contributed by atoms with Crippen LogP contribution in [0.15, 0.2) is 45.6 Å². The van der Waals surface area contributed by atoms with Crippen molar-refractivity contribution < 1.29 is 13.9 Å². The van der Waals surface area contributed by atoms with Gasteiger partial charge in [0.05, 0.1) is 10.9 Å². The number of aromatic hydroxyl groups is 1. The van der Waals surface area contributed by atoms with Crippen LogP contribution in [-0.4, -0.2) is 5.11 Å². The highest BCUT2D eigenvalue weighted by Crippen LogP contribution is 2.31. The molecule has 0 bridgehead atoms. The van der Waals surface area contributed by atoms with E-state index in [9.17, 15) is 14.3 Å². The van der Waals surface area contributed by atoms with E-state index < -0.39 is 0 Å². The summed E-state index contributed by atoms with van der Waals surface area (Å²) in [7, 11) is 0. The SMILES string of the molecule is Cc1cc(-c2c(C(C)C)oc3cc(O)ccc3c2=O)ccc1F. The zero-order valence-corrected chi connectivity index (χ0v) is 13.2. The molecule has 2 aromatic carbocycles. The molecule has 0 saturated carbocycles. The molecule has 23 heavy (non-hydrogen) atoms. The van der Waals surface area contributed by atoms with Crippen molar-refractivity contribution >= 4 is 11.0 Å². The number of phenolic OH excluding ortho intramolecular Hbond substituents is 1. The summed E-state index contributed by atoms with van der Waals surface area (Å²) in [6.45, 7) is 5.51. The number of rotatable bonds is 2. The Hall–Kier alpha value is -2.62. The first-order chi connectivity index (χ1) is 10.9. The summed E-state index contributed by atoms with van der Waals surface area (Å²) in [6, 6.07) is 9.03. The molecule has 1 heterocycles. The van der Waals surface area contributed by atoms with Crippen LogP contribution < -0.4 is 5.43 Å². The van der Waals surface area contributed by atoms with Crippen LogP contribution in [0, 0.1) is 12.7 Å².